The molecule has 1 heterocycles. The Bertz CT molecular complexity index is 348. The molecule has 6 heteroatoms. The molecule has 0 aliphatic rings. The lowest BCUT2D eigenvalue weighted by Crippen LogP contribution is -2.38. The summed E-state index contributed by atoms with van der Waals surface area (Å²) in [6, 6.07) is 0. The van der Waals surface area contributed by atoms with Crippen molar-refractivity contribution >= 4 is 29.9 Å². The SMILES string of the molecule is CCNC(=NCCCn1ccnc1)NCCC(C)C.I. The van der Waals surface area contributed by atoms with Gasteiger partial charge in [-0.05, 0) is 25.7 Å². The third kappa shape index (κ3) is 9.17. The van der Waals surface area contributed by atoms with Crippen LogP contribution in [0.15, 0.2) is 23.7 Å². The average molecular weight is 393 g/mol. The normalized spacial score (nSPS) is 11.3. The second kappa shape index (κ2) is 12.0. The molecule has 1 aromatic rings. The number of nitrogens with zero attached hydrogens (tertiary/aromatic N) is 3. The molecule has 0 fully saturated rings. The van der Waals surface area contributed by atoms with Crippen molar-refractivity contribution in [3.63, 3.8) is 0 Å². The fourth-order valence-electron chi connectivity index (χ4n) is 1.68. The summed E-state index contributed by atoms with van der Waals surface area (Å²) >= 11 is 0. The van der Waals surface area contributed by atoms with Gasteiger partial charge in [-0.15, -0.1) is 24.0 Å². The van der Waals surface area contributed by atoms with E-state index < -0.39 is 0 Å². The highest BCUT2D eigenvalue weighted by atomic mass is 127. The van der Waals surface area contributed by atoms with Gasteiger partial charge >= 0.3 is 0 Å². The van der Waals surface area contributed by atoms with Crippen molar-refractivity contribution in [1.29, 1.82) is 0 Å². The maximum absolute atomic E-state index is 4.57. The third-order valence-corrected chi connectivity index (χ3v) is 2.76. The summed E-state index contributed by atoms with van der Waals surface area (Å²) in [5.74, 6) is 1.64. The smallest absolute Gasteiger partial charge is 0.191 e. The Kier molecular flexibility index (Phi) is 11.5. The van der Waals surface area contributed by atoms with Gasteiger partial charge in [0.25, 0.3) is 0 Å². The van der Waals surface area contributed by atoms with Crippen LogP contribution in [0.2, 0.25) is 0 Å². The molecular formula is C14H28IN5. The van der Waals surface area contributed by atoms with Crippen molar-refractivity contribution in [2.45, 2.75) is 40.2 Å². The van der Waals surface area contributed by atoms with Gasteiger partial charge < -0.3 is 15.2 Å². The predicted octanol–water partition coefficient (Wildman–Crippen LogP) is 2.49. The summed E-state index contributed by atoms with van der Waals surface area (Å²) in [6.07, 6.45) is 7.82. The van der Waals surface area contributed by atoms with Gasteiger partial charge in [0.05, 0.1) is 6.33 Å². The molecule has 0 radical (unpaired) electrons. The van der Waals surface area contributed by atoms with Gasteiger partial charge in [-0.2, -0.15) is 0 Å². The van der Waals surface area contributed by atoms with E-state index in [-0.39, 0.29) is 24.0 Å². The lowest BCUT2D eigenvalue weighted by Gasteiger charge is -2.12. The minimum atomic E-state index is 0. The van der Waals surface area contributed by atoms with E-state index in [1.807, 2.05) is 12.5 Å². The maximum atomic E-state index is 4.57. The molecule has 0 aromatic carbocycles. The summed E-state index contributed by atoms with van der Waals surface area (Å²) in [5.41, 5.74) is 0. The predicted molar refractivity (Wildman–Crippen MR) is 95.7 cm³/mol. The maximum Gasteiger partial charge on any atom is 0.191 e. The molecule has 0 bridgehead atoms. The van der Waals surface area contributed by atoms with Crippen LogP contribution >= 0.6 is 24.0 Å². The van der Waals surface area contributed by atoms with Crippen molar-refractivity contribution in [2.75, 3.05) is 19.6 Å². The second-order valence-corrected chi connectivity index (χ2v) is 5.02. The van der Waals surface area contributed by atoms with E-state index in [9.17, 15) is 0 Å². The van der Waals surface area contributed by atoms with Crippen LogP contribution in [0.3, 0.4) is 0 Å². The minimum Gasteiger partial charge on any atom is -0.357 e. The molecule has 0 saturated carbocycles. The average Bonchev–Trinajstić information content (AvgIpc) is 2.87. The van der Waals surface area contributed by atoms with Gasteiger partial charge in [-0.3, -0.25) is 4.99 Å². The van der Waals surface area contributed by atoms with Gasteiger partial charge in [0.2, 0.25) is 0 Å². The third-order valence-electron chi connectivity index (χ3n) is 2.76. The standard InChI is InChI=1S/C14H27N5.HI/c1-4-16-14(18-8-6-13(2)3)17-7-5-10-19-11-9-15-12-19;/h9,11-13H,4-8,10H2,1-3H3,(H2,16,17,18);1H. The van der Waals surface area contributed by atoms with Gasteiger partial charge in [0.1, 0.15) is 0 Å². The Morgan fingerprint density at radius 2 is 2.15 bits per heavy atom. The molecular weight excluding hydrogens is 365 g/mol. The fraction of sp³-hybridized carbons (Fsp3) is 0.714. The van der Waals surface area contributed by atoms with Crippen molar-refractivity contribution in [3.05, 3.63) is 18.7 Å². The summed E-state index contributed by atoms with van der Waals surface area (Å²) in [7, 11) is 0. The van der Waals surface area contributed by atoms with E-state index >= 15 is 0 Å². The topological polar surface area (TPSA) is 54.2 Å². The number of hydrogen-bond acceptors (Lipinski definition) is 2. The number of imidazole rings is 1. The Balaban J connectivity index is 0.00000361. The molecule has 2 N–H and O–H groups in total. The molecule has 1 rings (SSSR count). The van der Waals surface area contributed by atoms with Crippen LogP contribution in [0.5, 0.6) is 0 Å². The lowest BCUT2D eigenvalue weighted by molar-refractivity contribution is 0.573. The highest BCUT2D eigenvalue weighted by Gasteiger charge is 1.98. The molecule has 1 aromatic heterocycles. The Morgan fingerprint density at radius 1 is 1.35 bits per heavy atom. The first-order valence-corrected chi connectivity index (χ1v) is 7.20. The highest BCUT2D eigenvalue weighted by Crippen LogP contribution is 1.96. The van der Waals surface area contributed by atoms with E-state index in [0.29, 0.717) is 0 Å². The van der Waals surface area contributed by atoms with E-state index in [2.05, 4.69) is 45.9 Å². The van der Waals surface area contributed by atoms with Crippen LogP contribution in [-0.4, -0.2) is 35.1 Å². The first-order chi connectivity index (χ1) is 9.22. The molecule has 20 heavy (non-hydrogen) atoms. The largest absolute Gasteiger partial charge is 0.357 e. The molecule has 0 saturated heterocycles. The Hall–Kier alpha value is -0.790. The monoisotopic (exact) mass is 393 g/mol. The summed E-state index contributed by atoms with van der Waals surface area (Å²) < 4.78 is 2.08. The van der Waals surface area contributed by atoms with Crippen LogP contribution in [0.25, 0.3) is 0 Å². The van der Waals surface area contributed by atoms with Crippen molar-refractivity contribution in [1.82, 2.24) is 20.2 Å². The van der Waals surface area contributed by atoms with Gasteiger partial charge in [-0.25, -0.2) is 4.98 Å². The van der Waals surface area contributed by atoms with Gasteiger partial charge in [-0.1, -0.05) is 13.8 Å². The van der Waals surface area contributed by atoms with Crippen LogP contribution in [-0.2, 0) is 6.54 Å². The van der Waals surface area contributed by atoms with Crippen LogP contribution in [0, 0.1) is 5.92 Å². The zero-order chi connectivity index (χ0) is 13.9. The molecule has 116 valence electrons. The van der Waals surface area contributed by atoms with Crippen LogP contribution in [0.4, 0.5) is 0 Å². The Labute approximate surface area is 139 Å². The number of aryl methyl sites for hydroxylation is 1. The van der Waals surface area contributed by atoms with E-state index in [4.69, 9.17) is 0 Å². The molecule has 0 aliphatic carbocycles. The van der Waals surface area contributed by atoms with E-state index in [0.717, 1.165) is 44.5 Å². The zero-order valence-corrected chi connectivity index (χ0v) is 15.1. The number of halogens is 1. The Morgan fingerprint density at radius 3 is 2.75 bits per heavy atom. The van der Waals surface area contributed by atoms with Gasteiger partial charge in [0, 0.05) is 38.6 Å². The van der Waals surface area contributed by atoms with E-state index in [1.54, 1.807) is 6.20 Å². The minimum absolute atomic E-state index is 0. The number of nitrogens with one attached hydrogen (secondary N) is 2. The number of rotatable bonds is 8. The van der Waals surface area contributed by atoms with Crippen LogP contribution < -0.4 is 10.6 Å². The summed E-state index contributed by atoms with van der Waals surface area (Å²) in [4.78, 5) is 8.60. The molecule has 0 spiro atoms. The van der Waals surface area contributed by atoms with Crippen LogP contribution in [0.1, 0.15) is 33.6 Å². The molecule has 5 nitrogen and oxygen atoms in total. The highest BCUT2D eigenvalue weighted by molar-refractivity contribution is 14.0. The first-order valence-electron chi connectivity index (χ1n) is 7.20. The van der Waals surface area contributed by atoms with E-state index in [1.165, 1.54) is 6.42 Å². The molecule has 0 atom stereocenters. The molecule has 0 aliphatic heterocycles. The zero-order valence-electron chi connectivity index (χ0n) is 12.8. The van der Waals surface area contributed by atoms with Crippen molar-refractivity contribution < 1.29 is 0 Å². The number of aromatic nitrogens is 2. The van der Waals surface area contributed by atoms with Crippen molar-refractivity contribution in [3.8, 4) is 0 Å². The second-order valence-electron chi connectivity index (χ2n) is 5.02. The van der Waals surface area contributed by atoms with Crippen molar-refractivity contribution in [2.24, 2.45) is 10.9 Å². The number of guanidine groups is 1. The molecule has 0 unspecified atom stereocenters. The lowest BCUT2D eigenvalue weighted by atomic mass is 10.1. The number of aliphatic imine (C=N–C) groups is 1. The summed E-state index contributed by atoms with van der Waals surface area (Å²) in [6.45, 7) is 10.2. The summed E-state index contributed by atoms with van der Waals surface area (Å²) in [5, 5.41) is 6.64. The van der Waals surface area contributed by atoms with Gasteiger partial charge in [0.15, 0.2) is 5.96 Å². The quantitative estimate of drug-likeness (QED) is 0.309. The first kappa shape index (κ1) is 19.2. The fourth-order valence-corrected chi connectivity index (χ4v) is 1.68. The molecule has 0 amide bonds. The number of hydrogen-bond donors (Lipinski definition) is 2.